The van der Waals surface area contributed by atoms with Gasteiger partial charge in [-0.05, 0) is 11.6 Å². The largest absolute Gasteiger partial charge is 0.467 e. The monoisotopic (exact) mass is 302 g/mol. The molecule has 110 valence electrons. The number of methoxy groups -OCH3 is 1. The molecule has 0 saturated carbocycles. The zero-order chi connectivity index (χ0) is 15.2. The Kier molecular flexibility index (Phi) is 5.59. The molecule has 0 bridgehead atoms. The highest BCUT2D eigenvalue weighted by molar-refractivity contribution is 7.85. The summed E-state index contributed by atoms with van der Waals surface area (Å²) >= 11 is 0. The fourth-order valence-electron chi connectivity index (χ4n) is 1.45. The van der Waals surface area contributed by atoms with E-state index in [0.29, 0.717) is 5.56 Å². The highest BCUT2D eigenvalue weighted by Gasteiger charge is 2.26. The molecule has 8 nitrogen and oxygen atoms in total. The van der Waals surface area contributed by atoms with E-state index in [-0.39, 0.29) is 6.42 Å². The van der Waals surface area contributed by atoms with Crippen molar-refractivity contribution in [3.05, 3.63) is 30.1 Å². The number of amides is 1. The second-order valence-electron chi connectivity index (χ2n) is 3.93. The molecule has 0 spiro atoms. The summed E-state index contributed by atoms with van der Waals surface area (Å²) in [6.07, 6.45) is 2.93. The van der Waals surface area contributed by atoms with Crippen molar-refractivity contribution in [1.82, 2.24) is 10.3 Å². The van der Waals surface area contributed by atoms with E-state index >= 15 is 0 Å². The number of ether oxygens (including phenoxy) is 1. The van der Waals surface area contributed by atoms with Crippen LogP contribution in [-0.4, -0.2) is 48.7 Å². The van der Waals surface area contributed by atoms with Gasteiger partial charge < -0.3 is 10.1 Å². The number of hydrogen-bond acceptors (Lipinski definition) is 6. The van der Waals surface area contributed by atoms with E-state index in [0.717, 1.165) is 7.11 Å². The first-order valence-electron chi connectivity index (χ1n) is 5.53. The normalized spacial score (nSPS) is 12.5. The molecule has 0 aliphatic heterocycles. The summed E-state index contributed by atoms with van der Waals surface area (Å²) < 4.78 is 34.7. The average Bonchev–Trinajstić information content (AvgIpc) is 2.36. The van der Waals surface area contributed by atoms with Gasteiger partial charge in [0.05, 0.1) is 13.5 Å². The molecular weight excluding hydrogens is 288 g/mol. The fourth-order valence-corrected chi connectivity index (χ4v) is 2.10. The Morgan fingerprint density at radius 2 is 2.20 bits per heavy atom. The van der Waals surface area contributed by atoms with E-state index in [1.54, 1.807) is 12.1 Å². The maximum absolute atomic E-state index is 11.7. The first-order valence-corrected chi connectivity index (χ1v) is 7.14. The van der Waals surface area contributed by atoms with E-state index in [1.807, 2.05) is 0 Å². The van der Waals surface area contributed by atoms with E-state index in [2.05, 4.69) is 15.0 Å². The molecule has 1 amide bonds. The summed E-state index contributed by atoms with van der Waals surface area (Å²) in [6.45, 7) is 0. The Labute approximate surface area is 115 Å². The molecular formula is C11H14N2O6S. The van der Waals surface area contributed by atoms with Crippen LogP contribution in [0.3, 0.4) is 0 Å². The molecule has 0 aliphatic carbocycles. The first-order chi connectivity index (χ1) is 9.31. The van der Waals surface area contributed by atoms with Crippen LogP contribution < -0.4 is 5.32 Å². The third kappa shape index (κ3) is 5.76. The topological polar surface area (TPSA) is 123 Å². The van der Waals surface area contributed by atoms with Gasteiger partial charge in [-0.3, -0.25) is 14.3 Å². The minimum absolute atomic E-state index is 0.0766. The minimum atomic E-state index is -4.42. The van der Waals surface area contributed by atoms with Gasteiger partial charge in [-0.25, -0.2) is 4.79 Å². The number of nitrogens with zero attached hydrogens (tertiary/aromatic N) is 1. The van der Waals surface area contributed by atoms with Crippen LogP contribution in [0.25, 0.3) is 0 Å². The number of esters is 1. The van der Waals surface area contributed by atoms with Crippen LogP contribution in [0.5, 0.6) is 0 Å². The average molecular weight is 302 g/mol. The highest BCUT2D eigenvalue weighted by Crippen LogP contribution is 1.99. The highest BCUT2D eigenvalue weighted by atomic mass is 32.2. The lowest BCUT2D eigenvalue weighted by Gasteiger charge is -2.14. The second kappa shape index (κ2) is 6.96. The predicted molar refractivity (Wildman–Crippen MR) is 68.3 cm³/mol. The van der Waals surface area contributed by atoms with Crippen molar-refractivity contribution in [1.29, 1.82) is 0 Å². The van der Waals surface area contributed by atoms with Gasteiger partial charge in [0.15, 0.2) is 0 Å². The number of nitrogens with one attached hydrogen (secondary N) is 1. The molecule has 1 atom stereocenters. The number of rotatable bonds is 6. The SMILES string of the molecule is COC(=O)[C@H](CS(=O)(=O)O)NC(=O)Cc1cccnc1. The van der Waals surface area contributed by atoms with Gasteiger partial charge in [0.2, 0.25) is 5.91 Å². The number of pyridine rings is 1. The molecule has 9 heteroatoms. The Balaban J connectivity index is 2.70. The van der Waals surface area contributed by atoms with Crippen LogP contribution in [0.1, 0.15) is 5.56 Å². The summed E-state index contributed by atoms with van der Waals surface area (Å²) in [6, 6.07) is 1.83. The third-order valence-electron chi connectivity index (χ3n) is 2.29. The smallest absolute Gasteiger partial charge is 0.329 e. The van der Waals surface area contributed by atoms with Gasteiger partial charge >= 0.3 is 5.97 Å². The van der Waals surface area contributed by atoms with Crippen LogP contribution in [0.4, 0.5) is 0 Å². The summed E-state index contributed by atoms with van der Waals surface area (Å²) in [5, 5.41) is 2.19. The van der Waals surface area contributed by atoms with Crippen molar-refractivity contribution in [2.75, 3.05) is 12.9 Å². The van der Waals surface area contributed by atoms with Crippen LogP contribution in [0.2, 0.25) is 0 Å². The van der Waals surface area contributed by atoms with Crippen LogP contribution >= 0.6 is 0 Å². The Bertz CT molecular complexity index is 572. The molecule has 2 N–H and O–H groups in total. The lowest BCUT2D eigenvalue weighted by Crippen LogP contribution is -2.46. The molecule has 0 unspecified atom stereocenters. The minimum Gasteiger partial charge on any atom is -0.467 e. The molecule has 0 saturated heterocycles. The van der Waals surface area contributed by atoms with Crippen molar-refractivity contribution >= 4 is 22.0 Å². The van der Waals surface area contributed by atoms with Crippen molar-refractivity contribution in [2.45, 2.75) is 12.5 Å². The molecule has 0 radical (unpaired) electrons. The number of carbonyl (C=O) groups is 2. The Morgan fingerprint density at radius 3 is 2.70 bits per heavy atom. The summed E-state index contributed by atoms with van der Waals surface area (Å²) in [5.74, 6) is -2.49. The van der Waals surface area contributed by atoms with Crippen LogP contribution in [0.15, 0.2) is 24.5 Å². The second-order valence-corrected chi connectivity index (χ2v) is 5.43. The maximum Gasteiger partial charge on any atom is 0.329 e. The van der Waals surface area contributed by atoms with Gasteiger partial charge in [-0.2, -0.15) is 8.42 Å². The van der Waals surface area contributed by atoms with Gasteiger partial charge in [0.25, 0.3) is 10.1 Å². The quantitative estimate of drug-likeness (QED) is 0.519. The lowest BCUT2D eigenvalue weighted by molar-refractivity contribution is -0.144. The Hall–Kier alpha value is -2.00. The van der Waals surface area contributed by atoms with Crippen molar-refractivity contribution in [3.8, 4) is 0 Å². The van der Waals surface area contributed by atoms with Gasteiger partial charge in [0.1, 0.15) is 11.8 Å². The van der Waals surface area contributed by atoms with Gasteiger partial charge in [-0.15, -0.1) is 0 Å². The zero-order valence-electron chi connectivity index (χ0n) is 10.6. The molecule has 1 rings (SSSR count). The Morgan fingerprint density at radius 1 is 1.50 bits per heavy atom. The van der Waals surface area contributed by atoms with E-state index < -0.39 is 33.8 Å². The molecule has 1 aromatic rings. The molecule has 0 aromatic carbocycles. The van der Waals surface area contributed by atoms with Crippen molar-refractivity contribution < 1.29 is 27.3 Å². The first kappa shape index (κ1) is 16.1. The summed E-state index contributed by atoms with van der Waals surface area (Å²) in [7, 11) is -3.38. The summed E-state index contributed by atoms with van der Waals surface area (Å²) in [4.78, 5) is 26.9. The van der Waals surface area contributed by atoms with E-state index in [9.17, 15) is 18.0 Å². The van der Waals surface area contributed by atoms with E-state index in [1.165, 1.54) is 12.4 Å². The molecule has 1 heterocycles. The maximum atomic E-state index is 11.7. The molecule has 1 aromatic heterocycles. The number of carbonyl (C=O) groups excluding carboxylic acids is 2. The van der Waals surface area contributed by atoms with Crippen LogP contribution in [-0.2, 0) is 30.9 Å². The van der Waals surface area contributed by atoms with Gasteiger partial charge in [0, 0.05) is 12.4 Å². The lowest BCUT2D eigenvalue weighted by atomic mass is 10.2. The molecule has 0 fully saturated rings. The molecule has 20 heavy (non-hydrogen) atoms. The van der Waals surface area contributed by atoms with Crippen molar-refractivity contribution in [3.63, 3.8) is 0 Å². The van der Waals surface area contributed by atoms with E-state index in [4.69, 9.17) is 4.55 Å². The van der Waals surface area contributed by atoms with Crippen LogP contribution in [0, 0.1) is 0 Å². The third-order valence-corrected chi connectivity index (χ3v) is 3.04. The van der Waals surface area contributed by atoms with Crippen molar-refractivity contribution in [2.24, 2.45) is 0 Å². The summed E-state index contributed by atoms with van der Waals surface area (Å²) in [5.41, 5.74) is 0.598. The number of aromatic nitrogens is 1. The zero-order valence-corrected chi connectivity index (χ0v) is 11.5. The molecule has 0 aliphatic rings. The number of hydrogen-bond donors (Lipinski definition) is 2. The van der Waals surface area contributed by atoms with Gasteiger partial charge in [-0.1, -0.05) is 6.07 Å². The standard InChI is InChI=1S/C11H14N2O6S/c1-19-11(15)9(7-20(16,17)18)13-10(14)5-8-3-2-4-12-6-8/h2-4,6,9H,5,7H2,1H3,(H,13,14)(H,16,17,18)/t9-/m0/s1. The fraction of sp³-hybridized carbons (Fsp3) is 0.364. The predicted octanol–water partition coefficient (Wildman–Crippen LogP) is -0.830.